The minimum atomic E-state index is -4.29. The number of nitrogens with two attached hydrogens (primary N) is 1. The molecule has 0 aliphatic rings. The van der Waals surface area contributed by atoms with Gasteiger partial charge < -0.3 is 5.73 Å². The average molecular weight is 231 g/mol. The van der Waals surface area contributed by atoms with Gasteiger partial charge in [-0.3, -0.25) is 0 Å². The first-order chi connectivity index (χ1) is 7.32. The van der Waals surface area contributed by atoms with E-state index < -0.39 is 11.7 Å². The summed E-state index contributed by atoms with van der Waals surface area (Å²) in [7, 11) is 0. The largest absolute Gasteiger partial charge is 0.416 e. The number of hydrogen-bond donors (Lipinski definition) is 1. The lowest BCUT2D eigenvalue weighted by Crippen LogP contribution is -2.19. The van der Waals surface area contributed by atoms with E-state index in [9.17, 15) is 13.2 Å². The van der Waals surface area contributed by atoms with Gasteiger partial charge in [0.1, 0.15) is 0 Å². The highest BCUT2D eigenvalue weighted by Gasteiger charge is 2.34. The third-order valence-corrected chi connectivity index (χ3v) is 2.52. The van der Waals surface area contributed by atoms with Crippen molar-refractivity contribution in [2.75, 3.05) is 0 Å². The lowest BCUT2D eigenvalue weighted by atomic mass is 9.91. The molecule has 1 nitrogen and oxygen atoms in total. The fourth-order valence-corrected chi connectivity index (χ4v) is 1.87. The van der Waals surface area contributed by atoms with Crippen LogP contribution in [0.1, 0.15) is 37.3 Å². The molecule has 0 radical (unpaired) electrons. The van der Waals surface area contributed by atoms with Gasteiger partial charge in [-0.25, -0.2) is 0 Å². The van der Waals surface area contributed by atoms with E-state index in [0.717, 1.165) is 6.07 Å². The fraction of sp³-hybridized carbons (Fsp3) is 0.500. The van der Waals surface area contributed by atoms with E-state index in [1.807, 2.05) is 0 Å². The van der Waals surface area contributed by atoms with Gasteiger partial charge in [0.15, 0.2) is 0 Å². The molecule has 0 fully saturated rings. The fourth-order valence-electron chi connectivity index (χ4n) is 1.87. The lowest BCUT2D eigenvalue weighted by Gasteiger charge is -2.19. The molecule has 1 rings (SSSR count). The van der Waals surface area contributed by atoms with Gasteiger partial charge in [0.05, 0.1) is 5.56 Å². The number of rotatable bonds is 3. The second-order valence-electron chi connectivity index (χ2n) is 4.20. The molecule has 0 amide bonds. The molecule has 0 aliphatic heterocycles. The van der Waals surface area contributed by atoms with Crippen LogP contribution in [0.3, 0.4) is 0 Å². The lowest BCUT2D eigenvalue weighted by molar-refractivity contribution is -0.138. The van der Waals surface area contributed by atoms with Gasteiger partial charge in [0, 0.05) is 6.04 Å². The first kappa shape index (κ1) is 13.0. The second kappa shape index (κ2) is 4.87. The Kier molecular flexibility index (Phi) is 3.97. The minimum absolute atomic E-state index is 0.101. The smallest absolute Gasteiger partial charge is 0.328 e. The maximum absolute atomic E-state index is 12.7. The molecule has 2 unspecified atom stereocenters. The molecule has 2 atom stereocenters. The van der Waals surface area contributed by atoms with Crippen molar-refractivity contribution >= 4 is 0 Å². The molecule has 16 heavy (non-hydrogen) atoms. The Labute approximate surface area is 93.5 Å². The van der Waals surface area contributed by atoms with Gasteiger partial charge in [-0.1, -0.05) is 25.1 Å². The van der Waals surface area contributed by atoms with E-state index >= 15 is 0 Å². The van der Waals surface area contributed by atoms with Crippen molar-refractivity contribution in [3.63, 3.8) is 0 Å². The van der Waals surface area contributed by atoms with Crippen molar-refractivity contribution in [3.8, 4) is 0 Å². The Bertz CT molecular complexity index is 344. The van der Waals surface area contributed by atoms with Gasteiger partial charge in [-0.15, -0.1) is 0 Å². The van der Waals surface area contributed by atoms with Crippen LogP contribution in [0.2, 0.25) is 0 Å². The molecule has 0 aliphatic carbocycles. The molecular weight excluding hydrogens is 215 g/mol. The maximum atomic E-state index is 12.7. The van der Waals surface area contributed by atoms with Crippen molar-refractivity contribution in [2.45, 2.75) is 38.4 Å². The molecular formula is C12H16F3N. The molecule has 0 bridgehead atoms. The van der Waals surface area contributed by atoms with Crippen LogP contribution < -0.4 is 5.73 Å². The van der Waals surface area contributed by atoms with Crippen LogP contribution in [0.4, 0.5) is 13.2 Å². The van der Waals surface area contributed by atoms with Crippen LogP contribution in [0.25, 0.3) is 0 Å². The Morgan fingerprint density at radius 1 is 1.19 bits per heavy atom. The zero-order valence-electron chi connectivity index (χ0n) is 9.38. The van der Waals surface area contributed by atoms with Crippen LogP contribution >= 0.6 is 0 Å². The topological polar surface area (TPSA) is 26.0 Å². The summed E-state index contributed by atoms with van der Waals surface area (Å²) < 4.78 is 38.1. The monoisotopic (exact) mass is 231 g/mol. The number of halogens is 3. The molecule has 1 aromatic rings. The van der Waals surface area contributed by atoms with Crippen LogP contribution in [-0.4, -0.2) is 6.04 Å². The third-order valence-electron chi connectivity index (χ3n) is 2.52. The molecule has 0 aromatic heterocycles. The zero-order chi connectivity index (χ0) is 12.3. The number of benzene rings is 1. The highest BCUT2D eigenvalue weighted by atomic mass is 19.4. The Morgan fingerprint density at radius 3 is 2.25 bits per heavy atom. The quantitative estimate of drug-likeness (QED) is 0.845. The van der Waals surface area contributed by atoms with Crippen LogP contribution in [0.15, 0.2) is 24.3 Å². The first-order valence-corrected chi connectivity index (χ1v) is 5.24. The molecule has 0 heterocycles. The van der Waals surface area contributed by atoms with E-state index in [0.29, 0.717) is 12.0 Å². The molecule has 0 saturated heterocycles. The Hall–Kier alpha value is -1.03. The average Bonchev–Trinajstić information content (AvgIpc) is 2.15. The SMILES string of the molecule is CC(N)CC(C)c1ccccc1C(F)(F)F. The standard InChI is InChI=1S/C12H16F3N/c1-8(7-9(2)16)10-5-3-4-6-11(10)12(13,14)15/h3-6,8-9H,7,16H2,1-2H3. The zero-order valence-corrected chi connectivity index (χ0v) is 9.38. The van der Waals surface area contributed by atoms with Crippen LogP contribution in [0.5, 0.6) is 0 Å². The molecule has 0 saturated carbocycles. The summed E-state index contributed by atoms with van der Waals surface area (Å²) in [6.07, 6.45) is -3.74. The Morgan fingerprint density at radius 2 is 1.75 bits per heavy atom. The summed E-state index contributed by atoms with van der Waals surface area (Å²) in [5.41, 5.74) is 5.38. The molecule has 1 aromatic carbocycles. The summed E-state index contributed by atoms with van der Waals surface area (Å²) in [4.78, 5) is 0. The van der Waals surface area contributed by atoms with Crippen LogP contribution in [-0.2, 0) is 6.18 Å². The number of hydrogen-bond acceptors (Lipinski definition) is 1. The van der Waals surface area contributed by atoms with Gasteiger partial charge in [-0.05, 0) is 30.9 Å². The van der Waals surface area contributed by atoms with Crippen molar-refractivity contribution < 1.29 is 13.2 Å². The summed E-state index contributed by atoms with van der Waals surface area (Å²) >= 11 is 0. The third kappa shape index (κ3) is 3.23. The predicted octanol–water partition coefficient (Wildman–Crippen LogP) is 3.55. The van der Waals surface area contributed by atoms with Gasteiger partial charge in [0.25, 0.3) is 0 Å². The minimum Gasteiger partial charge on any atom is -0.328 e. The van der Waals surface area contributed by atoms with Crippen molar-refractivity contribution in [2.24, 2.45) is 5.73 Å². The first-order valence-electron chi connectivity index (χ1n) is 5.24. The highest BCUT2D eigenvalue weighted by molar-refractivity contribution is 5.32. The molecule has 90 valence electrons. The highest BCUT2D eigenvalue weighted by Crippen LogP contribution is 2.36. The normalized spacial score (nSPS) is 15.9. The van der Waals surface area contributed by atoms with E-state index in [1.165, 1.54) is 12.1 Å². The Balaban J connectivity index is 3.04. The van der Waals surface area contributed by atoms with Crippen molar-refractivity contribution in [1.82, 2.24) is 0 Å². The number of alkyl halides is 3. The van der Waals surface area contributed by atoms with E-state index in [1.54, 1.807) is 19.9 Å². The van der Waals surface area contributed by atoms with Crippen LogP contribution in [0, 0.1) is 0 Å². The van der Waals surface area contributed by atoms with E-state index in [2.05, 4.69) is 0 Å². The van der Waals surface area contributed by atoms with Crippen molar-refractivity contribution in [1.29, 1.82) is 0 Å². The summed E-state index contributed by atoms with van der Waals surface area (Å²) in [6.45, 7) is 3.57. The van der Waals surface area contributed by atoms with Gasteiger partial charge in [0.2, 0.25) is 0 Å². The molecule has 2 N–H and O–H groups in total. The summed E-state index contributed by atoms with van der Waals surface area (Å²) in [5, 5.41) is 0. The predicted molar refractivity (Wildman–Crippen MR) is 58.1 cm³/mol. The van der Waals surface area contributed by atoms with Gasteiger partial charge >= 0.3 is 6.18 Å². The second-order valence-corrected chi connectivity index (χ2v) is 4.20. The summed E-state index contributed by atoms with van der Waals surface area (Å²) in [5.74, 6) is -0.183. The van der Waals surface area contributed by atoms with Crippen molar-refractivity contribution in [3.05, 3.63) is 35.4 Å². The maximum Gasteiger partial charge on any atom is 0.416 e. The summed E-state index contributed by atoms with van der Waals surface area (Å²) in [6, 6.07) is 5.58. The van der Waals surface area contributed by atoms with Gasteiger partial charge in [-0.2, -0.15) is 13.2 Å². The van der Waals surface area contributed by atoms with E-state index in [4.69, 9.17) is 5.73 Å². The molecule has 0 spiro atoms. The van der Waals surface area contributed by atoms with E-state index in [-0.39, 0.29) is 12.0 Å². The molecule has 4 heteroatoms.